The third-order valence-electron chi connectivity index (χ3n) is 9.59. The molecule has 2 aliphatic carbocycles. The van der Waals surface area contributed by atoms with E-state index in [1.807, 2.05) is 59.0 Å². The van der Waals surface area contributed by atoms with E-state index in [-0.39, 0.29) is 11.1 Å². The van der Waals surface area contributed by atoms with Crippen LogP contribution in [-0.2, 0) is 41.3 Å². The molecule has 4 nitrogen and oxygen atoms in total. The van der Waals surface area contributed by atoms with Gasteiger partial charge in [0.2, 0.25) is 0 Å². The first-order valence-electron chi connectivity index (χ1n) is 14.3. The number of benzene rings is 4. The van der Waals surface area contributed by atoms with Crippen molar-refractivity contribution in [1.82, 2.24) is 0 Å². The molecule has 2 aliphatic rings. The second-order valence-electron chi connectivity index (χ2n) is 14.0. The van der Waals surface area contributed by atoms with Crippen LogP contribution in [0, 0.1) is 0 Å². The molecule has 0 atom stereocenters. The molecule has 4 aromatic carbocycles. The van der Waals surface area contributed by atoms with Gasteiger partial charge in [-0.15, -0.1) is 0 Å². The summed E-state index contributed by atoms with van der Waals surface area (Å²) in [5, 5.41) is 3.88. The second kappa shape index (κ2) is 8.19. The molecule has 0 heterocycles. The van der Waals surface area contributed by atoms with Crippen molar-refractivity contribution in [3.63, 3.8) is 0 Å². The van der Waals surface area contributed by atoms with Crippen molar-refractivity contribution in [3.8, 4) is 22.3 Å². The van der Waals surface area contributed by atoms with Crippen LogP contribution in [0.15, 0.2) is 109 Å². The fraction of sp³-hybridized carbons (Fsp3) is 0.167. The number of hydrogen-bond acceptors (Lipinski definition) is 4. The SMILES string of the molecule is C=C(C)C(=O)[O][Ti]([CH3])([CH3])(=[SiH2])([O]C(=O)C(=C)C)([c]1cccc2c1Cc1ccccc1-2)[c]1cccc2c1Cc1ccccc1-2. The first kappa shape index (κ1) is 28.4. The summed E-state index contributed by atoms with van der Waals surface area (Å²) in [6, 6.07) is 28.8. The maximum atomic E-state index is 14.0. The summed E-state index contributed by atoms with van der Waals surface area (Å²) >= 11 is -6.86. The van der Waals surface area contributed by atoms with Gasteiger partial charge in [-0.25, -0.2) is 0 Å². The van der Waals surface area contributed by atoms with Gasteiger partial charge in [-0.1, -0.05) is 0 Å². The van der Waals surface area contributed by atoms with Crippen molar-refractivity contribution in [2.24, 2.45) is 0 Å². The Hall–Kier alpha value is -3.77. The molecule has 0 radical (unpaired) electrons. The zero-order chi connectivity index (χ0) is 30.2. The molecule has 0 saturated heterocycles. The van der Waals surface area contributed by atoms with Crippen LogP contribution in [0.3, 0.4) is 0 Å². The molecule has 0 unspecified atom stereocenters. The second-order valence-corrected chi connectivity index (χ2v) is 40.8. The molecule has 6 rings (SSSR count). The van der Waals surface area contributed by atoms with E-state index in [2.05, 4.69) is 49.6 Å². The number of hydrogen-bond donors (Lipinski definition) is 0. The molecule has 0 fully saturated rings. The van der Waals surface area contributed by atoms with E-state index in [1.165, 1.54) is 11.1 Å². The van der Waals surface area contributed by atoms with Gasteiger partial charge in [0.05, 0.1) is 0 Å². The quantitative estimate of drug-likeness (QED) is 0.166. The number of fused-ring (bicyclic) bond motifs is 6. The Morgan fingerprint density at radius 1 is 0.619 bits per heavy atom. The van der Waals surface area contributed by atoms with Gasteiger partial charge in [-0.05, 0) is 0 Å². The summed E-state index contributed by atoms with van der Waals surface area (Å²) in [6.45, 7) is 11.1. The maximum absolute atomic E-state index is 14.0. The fourth-order valence-corrected chi connectivity index (χ4v) is 22.4. The van der Waals surface area contributed by atoms with Crippen molar-refractivity contribution in [2.75, 3.05) is 0 Å². The first-order chi connectivity index (χ1) is 19.6. The van der Waals surface area contributed by atoms with Gasteiger partial charge < -0.3 is 0 Å². The summed E-state index contributed by atoms with van der Waals surface area (Å²) < 4.78 is 15.7. The van der Waals surface area contributed by atoms with Gasteiger partial charge >= 0.3 is 247 Å². The Labute approximate surface area is 245 Å². The van der Waals surface area contributed by atoms with E-state index < -0.39 is 24.2 Å². The predicted molar refractivity (Wildman–Crippen MR) is 171 cm³/mol. The van der Waals surface area contributed by atoms with E-state index in [0.29, 0.717) is 12.8 Å². The molecule has 42 heavy (non-hydrogen) atoms. The Morgan fingerprint density at radius 2 is 0.976 bits per heavy atom. The molecule has 6 heteroatoms. The molecule has 0 spiro atoms. The van der Waals surface area contributed by atoms with Crippen LogP contribution in [0.4, 0.5) is 0 Å². The zero-order valence-corrected chi connectivity index (χ0v) is 27.7. The van der Waals surface area contributed by atoms with Gasteiger partial charge in [0.1, 0.15) is 0 Å². The molecule has 0 N–H and O–H groups in total. The van der Waals surface area contributed by atoms with Crippen molar-refractivity contribution in [1.29, 1.82) is 0 Å². The molecule has 4 aromatic rings. The van der Waals surface area contributed by atoms with E-state index in [4.69, 9.17) is 6.64 Å². The van der Waals surface area contributed by atoms with Gasteiger partial charge in [0.15, 0.2) is 0 Å². The van der Waals surface area contributed by atoms with E-state index in [1.54, 1.807) is 21.5 Å². The van der Waals surface area contributed by atoms with Gasteiger partial charge in [0.25, 0.3) is 0 Å². The predicted octanol–water partition coefficient (Wildman–Crippen LogP) is 6.25. The van der Waals surface area contributed by atoms with Crippen molar-refractivity contribution < 1.29 is 28.5 Å². The Balaban J connectivity index is 1.83. The fourth-order valence-electron chi connectivity index (χ4n) is 7.52. The molecule has 212 valence electrons. The summed E-state index contributed by atoms with van der Waals surface area (Å²) in [7, 11) is 1.58. The minimum atomic E-state index is -6.86. The minimum absolute atomic E-state index is 0.231. The third kappa shape index (κ3) is 3.70. The third-order valence-corrected chi connectivity index (χ3v) is 25.4. The van der Waals surface area contributed by atoms with E-state index in [9.17, 15) is 9.59 Å². The van der Waals surface area contributed by atoms with E-state index >= 15 is 0 Å². The average Bonchev–Trinajstić information content (AvgIpc) is 3.51. The molecular weight excluding hydrogens is 572 g/mol. The topological polar surface area (TPSA) is 52.6 Å². The number of carbonyl (C=O) groups excluding carboxylic acids is 2. The van der Waals surface area contributed by atoms with Crippen LogP contribution >= 0.6 is 0 Å². The molecular formula is C36H36O4SiTi. The monoisotopic (exact) mass is 608 g/mol. The molecule has 0 aliphatic heterocycles. The molecule has 0 aromatic heterocycles. The van der Waals surface area contributed by atoms with Crippen molar-refractivity contribution in [2.45, 2.75) is 37.1 Å². The van der Waals surface area contributed by atoms with Crippen LogP contribution in [0.2, 0.25) is 10.5 Å². The standard InChI is InChI=1S/2C13H9.2C4H6O2.2CH3.H2Si.Ti/c2*1-3-7-12-10(5-1)9-11-6-2-4-8-13(11)12;2*1-3(2)4(5)6;;;;/h2*1-5,7-8H,9H2;2*1H2,2H3,(H,5,6);2*1H3;1H2;/q;;;;;;;+2/p-2. The van der Waals surface area contributed by atoms with Crippen LogP contribution in [0.5, 0.6) is 0 Å². The first-order valence-corrected chi connectivity index (χ1v) is 24.3. The Morgan fingerprint density at radius 3 is 1.36 bits per heavy atom. The summed E-state index contributed by atoms with van der Waals surface area (Å²) in [5.41, 5.74) is 9.20. The van der Waals surface area contributed by atoms with Crippen LogP contribution in [0.25, 0.3) is 22.3 Å². The van der Waals surface area contributed by atoms with Gasteiger partial charge in [-0.3, -0.25) is 0 Å². The van der Waals surface area contributed by atoms with Crippen LogP contribution in [-0.4, -0.2) is 19.6 Å². The number of rotatable bonds is 6. The van der Waals surface area contributed by atoms with Crippen molar-refractivity contribution >= 4 is 27.3 Å². The van der Waals surface area contributed by atoms with E-state index in [0.717, 1.165) is 41.1 Å². The molecule has 0 amide bonds. The zero-order valence-electron chi connectivity index (χ0n) is 24.8. The van der Waals surface area contributed by atoms with Gasteiger partial charge in [0, 0.05) is 0 Å². The summed E-state index contributed by atoms with van der Waals surface area (Å²) in [6.07, 6.45) is 1.25. The average molecular weight is 609 g/mol. The Kier molecular flexibility index (Phi) is 5.53. The van der Waals surface area contributed by atoms with Crippen LogP contribution in [0.1, 0.15) is 36.1 Å². The summed E-state index contributed by atoms with van der Waals surface area (Å²) in [5.74, 6) is -1.19. The van der Waals surface area contributed by atoms with Crippen molar-refractivity contribution in [3.05, 3.63) is 131 Å². The van der Waals surface area contributed by atoms with Crippen LogP contribution < -0.4 is 7.74 Å². The van der Waals surface area contributed by atoms with Gasteiger partial charge in [-0.2, -0.15) is 0 Å². The number of carbonyl (C=O) groups is 2. The normalized spacial score (nSPS) is 15.4. The summed E-state index contributed by atoms with van der Waals surface area (Å²) in [4.78, 5) is 28.0. The molecule has 0 bridgehead atoms. The Bertz CT molecular complexity index is 1930. The molecule has 0 saturated carbocycles.